The third kappa shape index (κ3) is 3.66. The molecule has 3 heterocycles. The molecule has 3 rings (SSSR count). The van der Waals surface area contributed by atoms with Crippen LogP contribution in [0.3, 0.4) is 0 Å². The minimum absolute atomic E-state index is 0.183. The van der Waals surface area contributed by atoms with Crippen molar-refractivity contribution in [3.63, 3.8) is 0 Å². The van der Waals surface area contributed by atoms with Gasteiger partial charge in [-0.15, -0.1) is 0 Å². The first-order valence-electron chi connectivity index (χ1n) is 8.56. The second-order valence-corrected chi connectivity index (χ2v) is 7.29. The van der Waals surface area contributed by atoms with Crippen LogP contribution in [0.15, 0.2) is 34.6 Å². The first kappa shape index (κ1) is 20.4. The molecule has 1 fully saturated rings. The number of halogens is 4. The predicted octanol–water partition coefficient (Wildman–Crippen LogP) is 1.75. The number of piperidine rings is 1. The van der Waals surface area contributed by atoms with Crippen molar-refractivity contribution >= 4 is 29.2 Å². The standard InChI is InChI=1S/C17H19ClF3N5O2/c18-10-1-2-11(24-8-10)26-5-3-9(4-6-26)14(22)13-15(23)25-12(27)7-16(13,28)17(19,20)21/h1-2,8-9,28H,3-7,22H2,(H2,23,25,27). The SMILES string of the molecule is NC1=NC(=O)CC(O)(C(F)(F)F)C1=C(N)C1CCN(c2ccc(Cl)cn2)CC1. The molecule has 0 aliphatic carbocycles. The number of rotatable bonds is 2. The Morgan fingerprint density at radius 2 is 1.96 bits per heavy atom. The second kappa shape index (κ2) is 7.25. The Kier molecular flexibility index (Phi) is 5.28. The fourth-order valence-corrected chi connectivity index (χ4v) is 3.67. The molecule has 5 N–H and O–H groups in total. The minimum Gasteiger partial charge on any atom is -0.401 e. The quantitative estimate of drug-likeness (QED) is 0.674. The molecule has 11 heteroatoms. The third-order valence-corrected chi connectivity index (χ3v) is 5.27. The number of amidine groups is 1. The predicted molar refractivity (Wildman–Crippen MR) is 97.6 cm³/mol. The summed E-state index contributed by atoms with van der Waals surface area (Å²) >= 11 is 5.82. The molecule has 1 atom stereocenters. The van der Waals surface area contributed by atoms with Crippen LogP contribution in [0.1, 0.15) is 19.3 Å². The van der Waals surface area contributed by atoms with Gasteiger partial charge < -0.3 is 21.5 Å². The van der Waals surface area contributed by atoms with Gasteiger partial charge in [0.1, 0.15) is 11.7 Å². The molecule has 0 saturated carbocycles. The summed E-state index contributed by atoms with van der Waals surface area (Å²) in [6, 6.07) is 3.45. The Morgan fingerprint density at radius 3 is 2.50 bits per heavy atom. The van der Waals surface area contributed by atoms with E-state index in [1.807, 2.05) is 4.90 Å². The fraction of sp³-hybridized carbons (Fsp3) is 0.471. The molecule has 0 bridgehead atoms. The molecule has 2 aliphatic heterocycles. The topological polar surface area (TPSA) is 118 Å². The lowest BCUT2D eigenvalue weighted by Gasteiger charge is -2.38. The monoisotopic (exact) mass is 417 g/mol. The van der Waals surface area contributed by atoms with Crippen molar-refractivity contribution in [3.05, 3.63) is 34.6 Å². The average molecular weight is 418 g/mol. The number of aromatic nitrogens is 1. The maximum absolute atomic E-state index is 13.5. The fourth-order valence-electron chi connectivity index (χ4n) is 3.56. The van der Waals surface area contributed by atoms with Gasteiger partial charge in [-0.2, -0.15) is 18.2 Å². The summed E-state index contributed by atoms with van der Waals surface area (Å²) in [5.41, 5.74) is 7.29. The molecule has 1 saturated heterocycles. The lowest BCUT2D eigenvalue weighted by atomic mass is 9.80. The number of anilines is 1. The van der Waals surface area contributed by atoms with E-state index < -0.39 is 41.4 Å². The normalized spacial score (nSPS) is 26.2. The van der Waals surface area contributed by atoms with Crippen LogP contribution in [0.4, 0.5) is 19.0 Å². The van der Waals surface area contributed by atoms with Crippen molar-refractivity contribution in [1.82, 2.24) is 4.98 Å². The van der Waals surface area contributed by atoms with Gasteiger partial charge >= 0.3 is 6.18 Å². The van der Waals surface area contributed by atoms with E-state index in [-0.39, 0.29) is 5.70 Å². The first-order chi connectivity index (χ1) is 13.0. The van der Waals surface area contributed by atoms with Crippen LogP contribution in [0.2, 0.25) is 5.02 Å². The van der Waals surface area contributed by atoms with Crippen LogP contribution < -0.4 is 16.4 Å². The number of allylic oxidation sites excluding steroid dienone is 1. The van der Waals surface area contributed by atoms with Crippen molar-refractivity contribution in [3.8, 4) is 0 Å². The Labute approximate surface area is 163 Å². The summed E-state index contributed by atoms with van der Waals surface area (Å²) in [5, 5.41) is 10.8. The summed E-state index contributed by atoms with van der Waals surface area (Å²) in [4.78, 5) is 21.1. The molecule has 0 radical (unpaired) electrons. The Morgan fingerprint density at radius 1 is 1.32 bits per heavy atom. The summed E-state index contributed by atoms with van der Waals surface area (Å²) in [7, 11) is 0. The number of nitrogens with zero attached hydrogens (tertiary/aromatic N) is 3. The summed E-state index contributed by atoms with van der Waals surface area (Å²) in [6.07, 6.45) is -3.99. The number of pyridine rings is 1. The van der Waals surface area contributed by atoms with Gasteiger partial charge in [-0.05, 0) is 25.0 Å². The molecule has 0 spiro atoms. The van der Waals surface area contributed by atoms with Gasteiger partial charge in [0.2, 0.25) is 0 Å². The van der Waals surface area contributed by atoms with Crippen molar-refractivity contribution in [2.24, 2.45) is 22.4 Å². The lowest BCUT2D eigenvalue weighted by molar-refractivity contribution is -0.244. The van der Waals surface area contributed by atoms with Gasteiger partial charge in [0.25, 0.3) is 5.91 Å². The number of alkyl halides is 3. The highest BCUT2D eigenvalue weighted by Crippen LogP contribution is 2.43. The van der Waals surface area contributed by atoms with Gasteiger partial charge in [-0.25, -0.2) is 4.98 Å². The summed E-state index contributed by atoms with van der Waals surface area (Å²) in [6.45, 7) is 0.988. The third-order valence-electron chi connectivity index (χ3n) is 5.05. The zero-order valence-electron chi connectivity index (χ0n) is 14.7. The van der Waals surface area contributed by atoms with Crippen LogP contribution in [0, 0.1) is 5.92 Å². The van der Waals surface area contributed by atoms with Crippen LogP contribution >= 0.6 is 11.6 Å². The van der Waals surface area contributed by atoms with E-state index in [1.165, 1.54) is 6.20 Å². The number of aliphatic imine (C=N–C) groups is 1. The van der Waals surface area contributed by atoms with E-state index in [4.69, 9.17) is 23.1 Å². The number of carbonyl (C=O) groups excluding carboxylic acids is 1. The number of carbonyl (C=O) groups is 1. The van der Waals surface area contributed by atoms with Gasteiger partial charge in [0.05, 0.1) is 17.0 Å². The molecule has 1 aromatic rings. The van der Waals surface area contributed by atoms with Crippen molar-refractivity contribution in [1.29, 1.82) is 0 Å². The molecule has 152 valence electrons. The maximum atomic E-state index is 13.5. The van der Waals surface area contributed by atoms with Gasteiger partial charge in [0, 0.05) is 30.9 Å². The van der Waals surface area contributed by atoms with E-state index >= 15 is 0 Å². The number of aliphatic hydroxyl groups is 1. The number of hydrogen-bond donors (Lipinski definition) is 3. The minimum atomic E-state index is -5.11. The highest BCUT2D eigenvalue weighted by molar-refractivity contribution is 6.30. The number of amides is 1. The molecule has 2 aliphatic rings. The van der Waals surface area contributed by atoms with Crippen LogP contribution in [0.25, 0.3) is 0 Å². The highest BCUT2D eigenvalue weighted by atomic mass is 35.5. The van der Waals surface area contributed by atoms with E-state index in [2.05, 4.69) is 9.98 Å². The van der Waals surface area contributed by atoms with Crippen molar-refractivity contribution < 1.29 is 23.1 Å². The second-order valence-electron chi connectivity index (χ2n) is 6.85. The van der Waals surface area contributed by atoms with Gasteiger partial charge in [-0.3, -0.25) is 4.79 Å². The molecule has 28 heavy (non-hydrogen) atoms. The van der Waals surface area contributed by atoms with Crippen molar-refractivity contribution in [2.45, 2.75) is 31.0 Å². The smallest absolute Gasteiger partial charge is 0.401 e. The summed E-state index contributed by atoms with van der Waals surface area (Å²) < 4.78 is 40.6. The lowest BCUT2D eigenvalue weighted by Crippen LogP contribution is -2.55. The molecular weight excluding hydrogens is 399 g/mol. The molecule has 7 nitrogen and oxygen atoms in total. The maximum Gasteiger partial charge on any atom is 0.422 e. The number of nitrogens with two attached hydrogens (primary N) is 2. The Hall–Kier alpha value is -2.33. The van der Waals surface area contributed by atoms with E-state index in [0.717, 1.165) is 0 Å². The van der Waals surface area contributed by atoms with Crippen LogP contribution in [-0.2, 0) is 4.79 Å². The van der Waals surface area contributed by atoms with Crippen LogP contribution in [-0.4, -0.2) is 46.7 Å². The number of hydrogen-bond acceptors (Lipinski definition) is 6. The van der Waals surface area contributed by atoms with Crippen molar-refractivity contribution in [2.75, 3.05) is 18.0 Å². The Balaban J connectivity index is 1.86. The Bertz CT molecular complexity index is 832. The van der Waals surface area contributed by atoms with Gasteiger partial charge in [0.15, 0.2) is 5.60 Å². The van der Waals surface area contributed by atoms with E-state index in [9.17, 15) is 23.1 Å². The average Bonchev–Trinajstić information content (AvgIpc) is 2.60. The molecule has 1 amide bonds. The molecule has 1 aromatic heterocycles. The zero-order valence-corrected chi connectivity index (χ0v) is 15.5. The summed E-state index contributed by atoms with van der Waals surface area (Å²) in [5.74, 6) is -1.58. The molecule has 1 unspecified atom stereocenters. The zero-order chi connectivity index (χ0) is 20.7. The highest BCUT2D eigenvalue weighted by Gasteiger charge is 2.60. The molecule has 0 aromatic carbocycles. The van der Waals surface area contributed by atoms with Crippen LogP contribution in [0.5, 0.6) is 0 Å². The van der Waals surface area contributed by atoms with E-state index in [0.29, 0.717) is 36.8 Å². The largest absolute Gasteiger partial charge is 0.422 e. The van der Waals surface area contributed by atoms with E-state index in [1.54, 1.807) is 12.1 Å². The van der Waals surface area contributed by atoms with Gasteiger partial charge in [-0.1, -0.05) is 11.6 Å². The molecular formula is C17H19ClF3N5O2. The first-order valence-corrected chi connectivity index (χ1v) is 8.94.